The summed E-state index contributed by atoms with van der Waals surface area (Å²) in [6.45, 7) is 4.43. The summed E-state index contributed by atoms with van der Waals surface area (Å²) in [6, 6.07) is 12.9. The van der Waals surface area contributed by atoms with Crippen molar-refractivity contribution in [2.75, 3.05) is 13.1 Å². The Hall–Kier alpha value is -2.61. The highest BCUT2D eigenvalue weighted by Gasteiger charge is 2.24. The lowest BCUT2D eigenvalue weighted by molar-refractivity contribution is 0.423. The number of pyridine rings is 3. The summed E-state index contributed by atoms with van der Waals surface area (Å²) < 4.78 is 53.6. The highest BCUT2D eigenvalue weighted by Crippen LogP contribution is 2.31. The second-order valence-electron chi connectivity index (χ2n) is 9.00. The quantitative estimate of drug-likeness (QED) is 0.173. The van der Waals surface area contributed by atoms with Gasteiger partial charge in [0.25, 0.3) is 0 Å². The fraction of sp³-hybridized carbons (Fsp3) is 0.179. The molecular weight excluding hydrogens is 676 g/mol. The first-order valence-electron chi connectivity index (χ1n) is 12.7. The number of hydrogen-bond acceptors (Lipinski definition) is 7. The summed E-state index contributed by atoms with van der Waals surface area (Å²) in [5.41, 5.74) is 0.865. The number of benzene rings is 2. The zero-order chi connectivity index (χ0) is 31.4. The molecule has 2 aromatic carbocycles. The van der Waals surface area contributed by atoms with Gasteiger partial charge < -0.3 is 0 Å². The van der Waals surface area contributed by atoms with Gasteiger partial charge in [0.2, 0.25) is 20.0 Å². The minimum absolute atomic E-state index is 0.141. The minimum atomic E-state index is -3.69. The first-order chi connectivity index (χ1) is 20.4. The van der Waals surface area contributed by atoms with E-state index >= 15 is 0 Å². The highest BCUT2D eigenvalue weighted by molar-refractivity contribution is 7.89. The van der Waals surface area contributed by atoms with Gasteiger partial charge in [-0.2, -0.15) is 4.31 Å². The molecule has 0 fully saturated rings. The predicted octanol–water partition coefficient (Wildman–Crippen LogP) is 6.99. The fourth-order valence-electron chi connectivity index (χ4n) is 4.12. The lowest BCUT2D eigenvalue weighted by atomic mass is 10.2. The van der Waals surface area contributed by atoms with Crippen molar-refractivity contribution >= 4 is 88.0 Å². The summed E-state index contributed by atoms with van der Waals surface area (Å²) in [6.07, 6.45) is 6.16. The van der Waals surface area contributed by atoms with Gasteiger partial charge in [0.05, 0.1) is 19.8 Å². The molecule has 3 aromatic heterocycles. The van der Waals surface area contributed by atoms with Crippen LogP contribution in [0.25, 0.3) is 21.5 Å². The topological polar surface area (TPSA) is 122 Å². The van der Waals surface area contributed by atoms with E-state index in [1.54, 1.807) is 50.5 Å². The zero-order valence-electron chi connectivity index (χ0n) is 22.8. The van der Waals surface area contributed by atoms with Gasteiger partial charge in [0.15, 0.2) is 0 Å². The molecule has 0 unspecified atom stereocenters. The Morgan fingerprint density at radius 2 is 1.23 bits per heavy atom. The maximum Gasteiger partial charge on any atom is 0.243 e. The molecule has 9 nitrogen and oxygen atoms in total. The first kappa shape index (κ1) is 33.3. The molecule has 0 saturated heterocycles. The van der Waals surface area contributed by atoms with Crippen molar-refractivity contribution in [3.05, 3.63) is 99.2 Å². The van der Waals surface area contributed by atoms with Gasteiger partial charge in [-0.05, 0) is 42.0 Å². The van der Waals surface area contributed by atoms with E-state index in [9.17, 15) is 16.8 Å². The molecule has 1 N–H and O–H groups in total. The van der Waals surface area contributed by atoms with Gasteiger partial charge in [-0.15, -0.1) is 0 Å². The third-order valence-electron chi connectivity index (χ3n) is 6.27. The van der Waals surface area contributed by atoms with Crippen molar-refractivity contribution in [1.82, 2.24) is 24.0 Å². The second-order valence-corrected chi connectivity index (χ2v) is 14.2. The summed E-state index contributed by atoms with van der Waals surface area (Å²) in [7, 11) is -7.20. The van der Waals surface area contributed by atoms with Crippen LogP contribution in [0.1, 0.15) is 19.4 Å². The summed E-state index contributed by atoms with van der Waals surface area (Å²) in [5.74, 6) is 0. The normalized spacial score (nSPS) is 12.0. The molecule has 0 aliphatic rings. The number of hydrogen-bond donors (Lipinski definition) is 1. The Labute approximate surface area is 269 Å². The molecule has 0 spiro atoms. The molecule has 0 atom stereocenters. The monoisotopic (exact) mass is 699 g/mol. The van der Waals surface area contributed by atoms with E-state index in [4.69, 9.17) is 46.4 Å². The third-order valence-corrected chi connectivity index (χ3v) is 10.9. The fourth-order valence-corrected chi connectivity index (χ4v) is 7.49. The Morgan fingerprint density at radius 1 is 0.721 bits per heavy atom. The standard InChI is InChI=1S/C17H15Cl2N3O2S.C11H10Cl2N2O2S/c1-2-22(11-12-5-7-20-8-6-12)25(23,24)13-3-4-14-15(9-13)17(19)21-10-16(14)18;1-2-15-18(16,17)7-3-4-8-9(5-7)11(13)14-6-10(8)12/h3-10H,2,11H2,1H3;3-6,15H,2H2,1H3. The van der Waals surface area contributed by atoms with Crippen LogP contribution in [0.3, 0.4) is 0 Å². The number of aromatic nitrogens is 3. The summed E-state index contributed by atoms with van der Waals surface area (Å²) in [4.78, 5) is 12.1. The van der Waals surface area contributed by atoms with Crippen LogP contribution in [0.4, 0.5) is 0 Å². The van der Waals surface area contributed by atoms with E-state index < -0.39 is 20.0 Å². The molecule has 15 heteroatoms. The van der Waals surface area contributed by atoms with Crippen molar-refractivity contribution in [2.45, 2.75) is 30.2 Å². The van der Waals surface area contributed by atoms with E-state index in [-0.39, 0.29) is 26.6 Å². The maximum atomic E-state index is 13.0. The smallest absolute Gasteiger partial charge is 0.243 e. The first-order valence-corrected chi connectivity index (χ1v) is 17.2. The van der Waals surface area contributed by atoms with E-state index in [0.29, 0.717) is 44.7 Å². The molecule has 226 valence electrons. The molecular formula is C28H25Cl4N5O4S2. The number of sulfonamides is 2. The molecule has 3 heterocycles. The lowest BCUT2D eigenvalue weighted by Gasteiger charge is -2.21. The van der Waals surface area contributed by atoms with E-state index in [0.717, 1.165) is 5.56 Å². The Kier molecular flexibility index (Phi) is 10.8. The molecule has 0 amide bonds. The maximum absolute atomic E-state index is 13.0. The molecule has 0 radical (unpaired) electrons. The van der Waals surface area contributed by atoms with Crippen molar-refractivity contribution in [3.63, 3.8) is 0 Å². The van der Waals surface area contributed by atoms with Crippen LogP contribution in [-0.2, 0) is 26.6 Å². The Morgan fingerprint density at radius 3 is 1.74 bits per heavy atom. The van der Waals surface area contributed by atoms with Crippen LogP contribution in [0.15, 0.2) is 83.1 Å². The van der Waals surface area contributed by atoms with Crippen LogP contribution in [0.5, 0.6) is 0 Å². The van der Waals surface area contributed by atoms with Crippen LogP contribution in [-0.4, -0.2) is 49.2 Å². The Balaban J connectivity index is 0.000000208. The molecule has 5 aromatic rings. The van der Waals surface area contributed by atoms with E-state index in [1.165, 1.54) is 41.0 Å². The van der Waals surface area contributed by atoms with Crippen LogP contribution < -0.4 is 4.72 Å². The zero-order valence-corrected chi connectivity index (χ0v) is 27.5. The third kappa shape index (κ3) is 7.55. The minimum Gasteiger partial charge on any atom is -0.265 e. The predicted molar refractivity (Wildman–Crippen MR) is 172 cm³/mol. The van der Waals surface area contributed by atoms with Crippen LogP contribution in [0.2, 0.25) is 20.4 Å². The number of nitrogens with one attached hydrogen (secondary N) is 1. The van der Waals surface area contributed by atoms with Gasteiger partial charge in [0, 0.05) is 66.0 Å². The van der Waals surface area contributed by atoms with E-state index in [1.807, 2.05) is 0 Å². The van der Waals surface area contributed by atoms with Gasteiger partial charge >= 0.3 is 0 Å². The summed E-state index contributed by atoms with van der Waals surface area (Å²) >= 11 is 24.1. The highest BCUT2D eigenvalue weighted by atomic mass is 35.5. The molecule has 0 aliphatic heterocycles. The van der Waals surface area contributed by atoms with Crippen molar-refractivity contribution in [3.8, 4) is 0 Å². The SMILES string of the molecule is CCN(Cc1ccncc1)S(=O)(=O)c1ccc2c(Cl)cnc(Cl)c2c1.CCNS(=O)(=O)c1ccc2c(Cl)cnc(Cl)c2c1. The molecule has 43 heavy (non-hydrogen) atoms. The number of fused-ring (bicyclic) bond motifs is 2. The second kappa shape index (κ2) is 14.0. The summed E-state index contributed by atoms with van der Waals surface area (Å²) in [5, 5.41) is 3.66. The van der Waals surface area contributed by atoms with E-state index in [2.05, 4.69) is 19.7 Å². The number of rotatable bonds is 8. The molecule has 5 rings (SSSR count). The number of nitrogens with zero attached hydrogens (tertiary/aromatic N) is 4. The van der Waals surface area contributed by atoms with Crippen molar-refractivity contribution in [1.29, 1.82) is 0 Å². The van der Waals surface area contributed by atoms with Crippen LogP contribution >= 0.6 is 46.4 Å². The largest absolute Gasteiger partial charge is 0.265 e. The molecule has 0 bridgehead atoms. The van der Waals surface area contributed by atoms with Gasteiger partial charge in [-0.1, -0.05) is 72.4 Å². The number of halogens is 4. The van der Waals surface area contributed by atoms with Gasteiger partial charge in [-0.3, -0.25) is 4.98 Å². The average molecular weight is 701 g/mol. The Bertz CT molecular complexity index is 2000. The van der Waals surface area contributed by atoms with Crippen molar-refractivity contribution in [2.24, 2.45) is 0 Å². The lowest BCUT2D eigenvalue weighted by Crippen LogP contribution is -2.30. The van der Waals surface area contributed by atoms with Crippen molar-refractivity contribution < 1.29 is 16.8 Å². The molecule has 0 aliphatic carbocycles. The van der Waals surface area contributed by atoms with Crippen LogP contribution in [0, 0.1) is 0 Å². The average Bonchev–Trinajstić information content (AvgIpc) is 3.00. The van der Waals surface area contributed by atoms with Gasteiger partial charge in [0.1, 0.15) is 10.3 Å². The molecule has 0 saturated carbocycles. The van der Waals surface area contributed by atoms with Gasteiger partial charge in [-0.25, -0.2) is 31.5 Å².